The molecule has 3 nitrogen and oxygen atoms in total. The molecule has 1 unspecified atom stereocenters. The highest BCUT2D eigenvalue weighted by Gasteiger charge is 2.11. The number of rotatable bonds is 1. The first-order valence-corrected chi connectivity index (χ1v) is 3.76. The molecule has 0 fully saturated rings. The molecule has 1 aliphatic heterocycles. The van der Waals surface area contributed by atoms with Crippen molar-refractivity contribution in [1.82, 2.24) is 10.6 Å². The maximum atomic E-state index is 4.25. The van der Waals surface area contributed by atoms with Crippen LogP contribution >= 0.6 is 0 Å². The molecule has 0 aromatic carbocycles. The molecule has 0 spiro atoms. The molecule has 0 bridgehead atoms. The van der Waals surface area contributed by atoms with Gasteiger partial charge >= 0.3 is 0 Å². The van der Waals surface area contributed by atoms with Crippen LogP contribution < -0.4 is 10.6 Å². The van der Waals surface area contributed by atoms with Gasteiger partial charge in [0.2, 0.25) is 0 Å². The summed E-state index contributed by atoms with van der Waals surface area (Å²) in [5, 5.41) is 6.44. The molecular formula is C7H15N3. The molecule has 1 heterocycles. The molecule has 1 rings (SSSR count). The maximum Gasteiger partial charge on any atom is 0.191 e. The van der Waals surface area contributed by atoms with Crippen LogP contribution in [0.1, 0.15) is 20.8 Å². The minimum absolute atomic E-state index is 0.469. The van der Waals surface area contributed by atoms with E-state index in [1.54, 1.807) is 0 Å². The van der Waals surface area contributed by atoms with E-state index in [4.69, 9.17) is 0 Å². The summed E-state index contributed by atoms with van der Waals surface area (Å²) in [7, 11) is 0. The number of nitrogens with zero attached hydrogens (tertiary/aromatic N) is 1. The first-order valence-electron chi connectivity index (χ1n) is 3.76. The average molecular weight is 141 g/mol. The van der Waals surface area contributed by atoms with E-state index in [0.717, 1.165) is 12.5 Å². The molecule has 10 heavy (non-hydrogen) atoms. The smallest absolute Gasteiger partial charge is 0.191 e. The van der Waals surface area contributed by atoms with Gasteiger partial charge in [-0.15, -0.1) is 0 Å². The fourth-order valence-corrected chi connectivity index (χ4v) is 0.914. The minimum atomic E-state index is 0.469. The molecular weight excluding hydrogens is 126 g/mol. The Bertz CT molecular complexity index is 140. The highest BCUT2D eigenvalue weighted by atomic mass is 15.2. The van der Waals surface area contributed by atoms with Crippen molar-refractivity contribution in [3.05, 3.63) is 0 Å². The Labute approximate surface area is 61.9 Å². The van der Waals surface area contributed by atoms with Gasteiger partial charge in [0.1, 0.15) is 0 Å². The van der Waals surface area contributed by atoms with Crippen LogP contribution in [0.2, 0.25) is 0 Å². The van der Waals surface area contributed by atoms with Crippen molar-refractivity contribution in [2.24, 2.45) is 4.99 Å². The normalized spacial score (nSPS) is 24.4. The molecule has 0 radical (unpaired) electrons. The Kier molecular flexibility index (Phi) is 2.14. The molecule has 0 saturated heterocycles. The maximum absolute atomic E-state index is 4.25. The first-order chi connectivity index (χ1) is 4.68. The summed E-state index contributed by atoms with van der Waals surface area (Å²) in [6.45, 7) is 7.23. The number of aliphatic imine (C=N–C) groups is 1. The van der Waals surface area contributed by atoms with Crippen LogP contribution in [0, 0.1) is 0 Å². The predicted octanol–water partition coefficient (Wildman–Crippen LogP) is 0.332. The van der Waals surface area contributed by atoms with Gasteiger partial charge in [0.25, 0.3) is 0 Å². The lowest BCUT2D eigenvalue weighted by atomic mass is 10.4. The Morgan fingerprint density at radius 1 is 1.70 bits per heavy atom. The lowest BCUT2D eigenvalue weighted by Crippen LogP contribution is -2.40. The molecule has 58 valence electrons. The Balaban J connectivity index is 2.30. The monoisotopic (exact) mass is 141 g/mol. The molecule has 0 aliphatic carbocycles. The molecule has 2 N–H and O–H groups in total. The third-order valence-electron chi connectivity index (χ3n) is 1.33. The van der Waals surface area contributed by atoms with Crippen LogP contribution in [0.15, 0.2) is 4.99 Å². The summed E-state index contributed by atoms with van der Waals surface area (Å²) in [5.74, 6) is 0.947. The van der Waals surface area contributed by atoms with Gasteiger partial charge in [-0.1, -0.05) is 0 Å². The largest absolute Gasteiger partial charge is 0.354 e. The van der Waals surface area contributed by atoms with Crippen molar-refractivity contribution in [2.45, 2.75) is 32.9 Å². The number of nitrogens with one attached hydrogen (secondary N) is 2. The van der Waals surface area contributed by atoms with Crippen LogP contribution in [0.25, 0.3) is 0 Å². The first kappa shape index (κ1) is 7.38. The highest BCUT2D eigenvalue weighted by Crippen LogP contribution is 1.92. The second-order valence-corrected chi connectivity index (χ2v) is 3.03. The topological polar surface area (TPSA) is 36.4 Å². The van der Waals surface area contributed by atoms with E-state index in [1.807, 2.05) is 0 Å². The van der Waals surface area contributed by atoms with E-state index in [2.05, 4.69) is 36.4 Å². The van der Waals surface area contributed by atoms with Gasteiger partial charge in [-0.2, -0.15) is 0 Å². The number of hydrogen-bond donors (Lipinski definition) is 2. The zero-order chi connectivity index (χ0) is 7.56. The van der Waals surface area contributed by atoms with Crippen molar-refractivity contribution < 1.29 is 0 Å². The van der Waals surface area contributed by atoms with Gasteiger partial charge in [-0.25, -0.2) is 0 Å². The fraction of sp³-hybridized carbons (Fsp3) is 0.857. The molecule has 0 aromatic rings. The Morgan fingerprint density at radius 2 is 2.40 bits per heavy atom. The second kappa shape index (κ2) is 2.90. The van der Waals surface area contributed by atoms with Gasteiger partial charge in [0.05, 0.1) is 6.54 Å². The van der Waals surface area contributed by atoms with Crippen molar-refractivity contribution in [3.8, 4) is 0 Å². The van der Waals surface area contributed by atoms with E-state index < -0.39 is 0 Å². The SMILES string of the molecule is CC(C)NC1=NCC(C)N1. The average Bonchev–Trinajstić information content (AvgIpc) is 2.13. The van der Waals surface area contributed by atoms with E-state index in [9.17, 15) is 0 Å². The predicted molar refractivity (Wildman–Crippen MR) is 43.2 cm³/mol. The molecule has 0 saturated carbocycles. The zero-order valence-electron chi connectivity index (χ0n) is 6.81. The van der Waals surface area contributed by atoms with Crippen molar-refractivity contribution >= 4 is 5.96 Å². The number of guanidine groups is 1. The minimum Gasteiger partial charge on any atom is -0.354 e. The van der Waals surface area contributed by atoms with E-state index in [-0.39, 0.29) is 0 Å². The van der Waals surface area contributed by atoms with E-state index in [0.29, 0.717) is 12.1 Å². The standard InChI is InChI=1S/C7H15N3/c1-5(2)9-7-8-4-6(3)10-7/h5-6H,4H2,1-3H3,(H2,8,9,10). The molecule has 1 aliphatic rings. The number of hydrogen-bond acceptors (Lipinski definition) is 3. The van der Waals surface area contributed by atoms with Gasteiger partial charge in [-0.05, 0) is 20.8 Å². The Morgan fingerprint density at radius 3 is 2.80 bits per heavy atom. The van der Waals surface area contributed by atoms with Crippen LogP contribution in [0.4, 0.5) is 0 Å². The van der Waals surface area contributed by atoms with E-state index >= 15 is 0 Å². The third-order valence-corrected chi connectivity index (χ3v) is 1.33. The van der Waals surface area contributed by atoms with Crippen molar-refractivity contribution in [2.75, 3.05) is 6.54 Å². The van der Waals surface area contributed by atoms with Gasteiger partial charge in [-0.3, -0.25) is 4.99 Å². The summed E-state index contributed by atoms with van der Waals surface area (Å²) in [5.41, 5.74) is 0. The molecule has 0 amide bonds. The molecule has 0 aromatic heterocycles. The van der Waals surface area contributed by atoms with Crippen LogP contribution in [0.3, 0.4) is 0 Å². The molecule has 3 heteroatoms. The second-order valence-electron chi connectivity index (χ2n) is 3.03. The van der Waals surface area contributed by atoms with Crippen molar-refractivity contribution in [3.63, 3.8) is 0 Å². The lowest BCUT2D eigenvalue weighted by Gasteiger charge is -2.10. The van der Waals surface area contributed by atoms with Crippen molar-refractivity contribution in [1.29, 1.82) is 0 Å². The molecule has 1 atom stereocenters. The van der Waals surface area contributed by atoms with Gasteiger partial charge in [0, 0.05) is 12.1 Å². The fourth-order valence-electron chi connectivity index (χ4n) is 0.914. The van der Waals surface area contributed by atoms with Gasteiger partial charge in [0.15, 0.2) is 5.96 Å². The van der Waals surface area contributed by atoms with Crippen LogP contribution in [0.5, 0.6) is 0 Å². The summed E-state index contributed by atoms with van der Waals surface area (Å²) in [6, 6.07) is 0.970. The summed E-state index contributed by atoms with van der Waals surface area (Å²) < 4.78 is 0. The summed E-state index contributed by atoms with van der Waals surface area (Å²) in [6.07, 6.45) is 0. The third kappa shape index (κ3) is 1.90. The lowest BCUT2D eigenvalue weighted by molar-refractivity contribution is 0.683. The summed E-state index contributed by atoms with van der Waals surface area (Å²) in [4.78, 5) is 4.25. The van der Waals surface area contributed by atoms with Gasteiger partial charge < -0.3 is 10.6 Å². The summed E-state index contributed by atoms with van der Waals surface area (Å²) >= 11 is 0. The zero-order valence-corrected chi connectivity index (χ0v) is 6.81. The van der Waals surface area contributed by atoms with Crippen LogP contribution in [-0.2, 0) is 0 Å². The van der Waals surface area contributed by atoms with Crippen LogP contribution in [-0.4, -0.2) is 24.6 Å². The highest BCUT2D eigenvalue weighted by molar-refractivity contribution is 5.81. The quantitative estimate of drug-likeness (QED) is 0.552. The Hall–Kier alpha value is -0.730. The van der Waals surface area contributed by atoms with E-state index in [1.165, 1.54) is 0 Å².